The van der Waals surface area contributed by atoms with Gasteiger partial charge in [0.15, 0.2) is 0 Å². The summed E-state index contributed by atoms with van der Waals surface area (Å²) in [5, 5.41) is 1.20. The van der Waals surface area contributed by atoms with Gasteiger partial charge < -0.3 is 9.30 Å². The predicted molar refractivity (Wildman–Crippen MR) is 81.4 cm³/mol. The molecule has 0 radical (unpaired) electrons. The first-order valence-corrected chi connectivity index (χ1v) is 7.04. The van der Waals surface area contributed by atoms with Gasteiger partial charge in [0.1, 0.15) is 0 Å². The van der Waals surface area contributed by atoms with E-state index >= 15 is 0 Å². The number of aromatic nitrogens is 1. The van der Waals surface area contributed by atoms with Crippen molar-refractivity contribution in [3.05, 3.63) is 70.9 Å². The van der Waals surface area contributed by atoms with Crippen LogP contribution in [0.1, 0.15) is 33.4 Å². The first-order valence-electron chi connectivity index (χ1n) is 7.04. The molecule has 3 nitrogen and oxygen atoms in total. The van der Waals surface area contributed by atoms with E-state index in [1.54, 1.807) is 0 Å². The van der Waals surface area contributed by atoms with Crippen molar-refractivity contribution < 1.29 is 9.53 Å². The maximum Gasteiger partial charge on any atom is 0.340 e. The summed E-state index contributed by atoms with van der Waals surface area (Å²) in [6.07, 6.45) is -0.368. The third-order valence-corrected chi connectivity index (χ3v) is 4.37. The molecule has 0 saturated heterocycles. The number of hydrogen-bond donors (Lipinski definition) is 0. The van der Waals surface area contributed by atoms with Crippen molar-refractivity contribution in [2.45, 2.75) is 20.1 Å². The molecule has 21 heavy (non-hydrogen) atoms. The Bertz CT molecular complexity index is 876. The predicted octanol–water partition coefficient (Wildman–Crippen LogP) is 3.98. The van der Waals surface area contributed by atoms with Crippen LogP contribution in [0.3, 0.4) is 0 Å². The normalized spacial score (nSPS) is 17.0. The molecule has 0 fully saturated rings. The van der Waals surface area contributed by atoms with Crippen molar-refractivity contribution in [2.75, 3.05) is 0 Å². The zero-order valence-electron chi connectivity index (χ0n) is 12.0. The van der Waals surface area contributed by atoms with Crippen molar-refractivity contribution in [3.63, 3.8) is 0 Å². The van der Waals surface area contributed by atoms with Crippen LogP contribution in [-0.2, 0) is 4.74 Å². The monoisotopic (exact) mass is 277 g/mol. The number of carbonyl (C=O) groups excluding carboxylic acids is 1. The van der Waals surface area contributed by atoms with Gasteiger partial charge in [-0.2, -0.15) is 0 Å². The van der Waals surface area contributed by atoms with E-state index in [0.717, 1.165) is 16.8 Å². The van der Waals surface area contributed by atoms with Crippen molar-refractivity contribution >= 4 is 16.9 Å². The van der Waals surface area contributed by atoms with Crippen LogP contribution in [0.5, 0.6) is 0 Å². The van der Waals surface area contributed by atoms with Crippen LogP contribution in [0.15, 0.2) is 48.5 Å². The first kappa shape index (κ1) is 12.2. The molecule has 0 unspecified atom stereocenters. The molecular weight excluding hydrogens is 262 g/mol. The molecule has 0 amide bonds. The second kappa shape index (κ2) is 4.22. The minimum atomic E-state index is -0.368. The van der Waals surface area contributed by atoms with Crippen LogP contribution >= 0.6 is 0 Å². The van der Waals surface area contributed by atoms with Gasteiger partial charge in [0.2, 0.25) is 6.23 Å². The number of para-hydroxylation sites is 1. The molecule has 3 aromatic rings. The molecule has 1 aliphatic heterocycles. The molecule has 0 spiro atoms. The van der Waals surface area contributed by atoms with Gasteiger partial charge in [-0.1, -0.05) is 36.4 Å². The van der Waals surface area contributed by atoms with Crippen LogP contribution < -0.4 is 0 Å². The summed E-state index contributed by atoms with van der Waals surface area (Å²) in [6, 6.07) is 15.8. The Morgan fingerprint density at radius 2 is 1.71 bits per heavy atom. The summed E-state index contributed by atoms with van der Waals surface area (Å²) < 4.78 is 7.76. The summed E-state index contributed by atoms with van der Waals surface area (Å²) in [6.45, 7) is 4.18. The Labute approximate surface area is 122 Å². The Hall–Kier alpha value is -2.55. The molecule has 1 atom stereocenters. The summed E-state index contributed by atoms with van der Waals surface area (Å²) in [5.74, 6) is -0.245. The quantitative estimate of drug-likeness (QED) is 0.630. The number of ether oxygens (including phenoxy) is 1. The lowest BCUT2D eigenvalue weighted by Crippen LogP contribution is -2.11. The maximum atomic E-state index is 12.1. The number of nitrogens with zero attached hydrogens (tertiary/aromatic N) is 1. The molecule has 2 aromatic carbocycles. The number of carbonyl (C=O) groups is 1. The second-order valence-corrected chi connectivity index (χ2v) is 5.44. The van der Waals surface area contributed by atoms with E-state index in [1.165, 1.54) is 10.9 Å². The number of rotatable bonds is 1. The molecule has 104 valence electrons. The summed E-state index contributed by atoms with van der Waals surface area (Å²) in [7, 11) is 0. The standard InChI is InChI=1S/C18H15NO2/c1-11-12(2)19(16-10-6-5-7-13(11)16)17-14-8-3-4-9-15(14)18(20)21-17/h3-10,17H,1-2H3/t17-/m0/s1. The SMILES string of the molecule is Cc1c(C)n([C@H]2OC(=O)c3ccccc32)c2ccccc12. The van der Waals surface area contributed by atoms with E-state index in [4.69, 9.17) is 4.74 Å². The maximum absolute atomic E-state index is 12.1. The highest BCUT2D eigenvalue weighted by Gasteiger charge is 2.33. The van der Waals surface area contributed by atoms with Crippen LogP contribution in [0.2, 0.25) is 0 Å². The Morgan fingerprint density at radius 1 is 1.00 bits per heavy atom. The van der Waals surface area contributed by atoms with Crippen molar-refractivity contribution in [2.24, 2.45) is 0 Å². The van der Waals surface area contributed by atoms with Crippen LogP contribution in [0.4, 0.5) is 0 Å². The first-order chi connectivity index (χ1) is 10.2. The van der Waals surface area contributed by atoms with Gasteiger partial charge in [-0.05, 0) is 31.5 Å². The third-order valence-electron chi connectivity index (χ3n) is 4.37. The van der Waals surface area contributed by atoms with Gasteiger partial charge in [0, 0.05) is 16.6 Å². The van der Waals surface area contributed by atoms with Crippen LogP contribution in [-0.4, -0.2) is 10.5 Å². The van der Waals surface area contributed by atoms with Gasteiger partial charge in [0.05, 0.1) is 11.1 Å². The topological polar surface area (TPSA) is 31.2 Å². The fourth-order valence-electron chi connectivity index (χ4n) is 3.18. The van der Waals surface area contributed by atoms with Gasteiger partial charge in [-0.3, -0.25) is 0 Å². The molecule has 0 aliphatic carbocycles. The summed E-state index contributed by atoms with van der Waals surface area (Å²) in [4.78, 5) is 12.1. The lowest BCUT2D eigenvalue weighted by molar-refractivity contribution is 0.0328. The number of fused-ring (bicyclic) bond motifs is 2. The molecule has 0 saturated carbocycles. The Kier molecular flexibility index (Phi) is 2.45. The zero-order valence-corrected chi connectivity index (χ0v) is 12.0. The van der Waals surface area contributed by atoms with Gasteiger partial charge in [-0.25, -0.2) is 4.79 Å². The highest BCUT2D eigenvalue weighted by molar-refractivity contribution is 5.94. The molecule has 1 aliphatic rings. The van der Waals surface area contributed by atoms with E-state index in [-0.39, 0.29) is 12.2 Å². The highest BCUT2D eigenvalue weighted by Crippen LogP contribution is 2.37. The Morgan fingerprint density at radius 3 is 2.57 bits per heavy atom. The van der Waals surface area contributed by atoms with E-state index < -0.39 is 0 Å². The molecular formula is C18H15NO2. The molecule has 0 N–H and O–H groups in total. The van der Waals surface area contributed by atoms with Crippen molar-refractivity contribution in [1.82, 2.24) is 4.57 Å². The molecule has 3 heteroatoms. The largest absolute Gasteiger partial charge is 0.433 e. The third kappa shape index (κ3) is 1.57. The van der Waals surface area contributed by atoms with E-state index in [0.29, 0.717) is 5.56 Å². The molecule has 1 aromatic heterocycles. The Balaban J connectivity index is 2.01. The number of benzene rings is 2. The number of esters is 1. The zero-order chi connectivity index (χ0) is 14.6. The van der Waals surface area contributed by atoms with Crippen molar-refractivity contribution in [3.8, 4) is 0 Å². The van der Waals surface area contributed by atoms with Crippen molar-refractivity contribution in [1.29, 1.82) is 0 Å². The lowest BCUT2D eigenvalue weighted by Gasteiger charge is -2.16. The van der Waals surface area contributed by atoms with Gasteiger partial charge in [0.25, 0.3) is 0 Å². The van der Waals surface area contributed by atoms with Gasteiger partial charge >= 0.3 is 5.97 Å². The van der Waals surface area contributed by atoms with E-state index in [9.17, 15) is 4.79 Å². The number of hydrogen-bond acceptors (Lipinski definition) is 2. The summed E-state index contributed by atoms with van der Waals surface area (Å²) in [5.41, 5.74) is 5.06. The minimum absolute atomic E-state index is 0.245. The van der Waals surface area contributed by atoms with Crippen LogP contribution in [0, 0.1) is 13.8 Å². The molecule has 0 bridgehead atoms. The number of cyclic esters (lactones) is 1. The fourth-order valence-corrected chi connectivity index (χ4v) is 3.18. The lowest BCUT2D eigenvalue weighted by atomic mass is 10.1. The molecule has 2 heterocycles. The summed E-state index contributed by atoms with van der Waals surface area (Å²) >= 11 is 0. The van der Waals surface area contributed by atoms with E-state index in [1.807, 2.05) is 36.4 Å². The fraction of sp³-hybridized carbons (Fsp3) is 0.167. The van der Waals surface area contributed by atoms with Gasteiger partial charge in [-0.15, -0.1) is 0 Å². The molecule has 4 rings (SSSR count). The van der Waals surface area contributed by atoms with Crippen LogP contribution in [0.25, 0.3) is 10.9 Å². The second-order valence-electron chi connectivity index (χ2n) is 5.44. The average molecular weight is 277 g/mol. The number of aryl methyl sites for hydroxylation is 1. The average Bonchev–Trinajstić information content (AvgIpc) is 2.97. The minimum Gasteiger partial charge on any atom is -0.433 e. The van der Waals surface area contributed by atoms with E-state index in [2.05, 4.69) is 30.5 Å². The smallest absolute Gasteiger partial charge is 0.340 e. The highest BCUT2D eigenvalue weighted by atomic mass is 16.6.